The van der Waals surface area contributed by atoms with Crippen molar-refractivity contribution in [1.29, 1.82) is 0 Å². The molecule has 0 saturated carbocycles. The quantitative estimate of drug-likeness (QED) is 0.426. The first-order valence-corrected chi connectivity index (χ1v) is 9.77. The van der Waals surface area contributed by atoms with Crippen molar-refractivity contribution < 1.29 is 9.15 Å². The molecule has 0 N–H and O–H groups in total. The molecule has 1 unspecified atom stereocenters. The fraction of sp³-hybridized carbons (Fsp3) is 0.190. The molecule has 0 amide bonds. The van der Waals surface area contributed by atoms with Gasteiger partial charge in [-0.3, -0.25) is 4.57 Å². The molecule has 0 fully saturated rings. The van der Waals surface area contributed by atoms with Crippen LogP contribution < -0.4 is 4.74 Å². The predicted octanol–water partition coefficient (Wildman–Crippen LogP) is 5.09. The van der Waals surface area contributed by atoms with Gasteiger partial charge in [0.1, 0.15) is 5.75 Å². The molecule has 0 saturated heterocycles. The minimum absolute atomic E-state index is 0.0360. The number of imidazole rings is 1. The Balaban J connectivity index is 1.52. The Hall–Kier alpha value is -3.06. The monoisotopic (exact) mass is 392 g/mol. The van der Waals surface area contributed by atoms with E-state index in [-0.39, 0.29) is 5.25 Å². The van der Waals surface area contributed by atoms with Gasteiger partial charge in [0.25, 0.3) is 0 Å². The highest BCUT2D eigenvalue weighted by atomic mass is 32.2. The number of ether oxygens (including phenoxy) is 1. The van der Waals surface area contributed by atoms with E-state index in [9.17, 15) is 0 Å². The molecule has 1 atom stereocenters. The van der Waals surface area contributed by atoms with Crippen LogP contribution in [0.3, 0.4) is 0 Å². The first-order chi connectivity index (χ1) is 13.6. The normalized spacial score (nSPS) is 12.1. The summed E-state index contributed by atoms with van der Waals surface area (Å²) in [7, 11) is 1.66. The maximum atomic E-state index is 5.90. The van der Waals surface area contributed by atoms with E-state index < -0.39 is 0 Å². The molecule has 2 aromatic heterocycles. The van der Waals surface area contributed by atoms with E-state index >= 15 is 0 Å². The summed E-state index contributed by atoms with van der Waals surface area (Å²) in [5.74, 6) is 1.92. The highest BCUT2D eigenvalue weighted by Crippen LogP contribution is 2.35. The average molecular weight is 392 g/mol. The van der Waals surface area contributed by atoms with Gasteiger partial charge in [-0.1, -0.05) is 29.5 Å². The molecule has 0 spiro atoms. The Labute approximate surface area is 167 Å². The zero-order chi connectivity index (χ0) is 19.5. The molecular weight excluding hydrogens is 372 g/mol. The number of aryl methyl sites for hydroxylation is 1. The number of methoxy groups -OCH3 is 1. The van der Waals surface area contributed by atoms with Gasteiger partial charge in [0.2, 0.25) is 11.8 Å². The van der Waals surface area contributed by atoms with E-state index in [2.05, 4.69) is 15.2 Å². The van der Waals surface area contributed by atoms with Crippen LogP contribution in [-0.4, -0.2) is 26.9 Å². The number of hydrogen-bond donors (Lipinski definition) is 0. The van der Waals surface area contributed by atoms with Gasteiger partial charge in [0, 0.05) is 23.6 Å². The summed E-state index contributed by atoms with van der Waals surface area (Å²) in [6.07, 6.45) is 3.72. The van der Waals surface area contributed by atoms with Crippen molar-refractivity contribution in [2.75, 3.05) is 7.11 Å². The van der Waals surface area contributed by atoms with Crippen LogP contribution in [0.2, 0.25) is 0 Å². The fourth-order valence-electron chi connectivity index (χ4n) is 2.74. The Morgan fingerprint density at radius 2 is 1.79 bits per heavy atom. The van der Waals surface area contributed by atoms with Crippen LogP contribution in [0.4, 0.5) is 0 Å². The Kier molecular flexibility index (Phi) is 5.16. The molecule has 0 aliphatic carbocycles. The summed E-state index contributed by atoms with van der Waals surface area (Å²) in [6, 6.07) is 15.9. The molecule has 6 nitrogen and oxygen atoms in total. The maximum absolute atomic E-state index is 5.90. The molecule has 28 heavy (non-hydrogen) atoms. The van der Waals surface area contributed by atoms with Crippen LogP contribution in [0.1, 0.15) is 23.6 Å². The molecule has 0 aliphatic rings. The number of rotatable bonds is 6. The maximum Gasteiger partial charge on any atom is 0.247 e. The number of nitrogens with zero attached hydrogens (tertiary/aromatic N) is 4. The Bertz CT molecular complexity index is 1050. The first kappa shape index (κ1) is 18.3. The second-order valence-electron chi connectivity index (χ2n) is 6.35. The van der Waals surface area contributed by atoms with Crippen molar-refractivity contribution in [3.05, 3.63) is 72.4 Å². The van der Waals surface area contributed by atoms with Crippen molar-refractivity contribution in [1.82, 2.24) is 19.7 Å². The molecule has 2 aromatic carbocycles. The van der Waals surface area contributed by atoms with Gasteiger partial charge in [-0.2, -0.15) is 0 Å². The standard InChI is InChI=1S/C21H20N4O2S/c1-14-4-6-16(7-5-14)20-24-23-19(27-20)15(2)28-21-22-12-13-25(21)17-8-10-18(26-3)11-9-17/h4-13,15H,1-3H3. The van der Waals surface area contributed by atoms with E-state index in [4.69, 9.17) is 9.15 Å². The van der Waals surface area contributed by atoms with Gasteiger partial charge in [0.05, 0.1) is 12.4 Å². The minimum atomic E-state index is -0.0360. The summed E-state index contributed by atoms with van der Waals surface area (Å²) in [5.41, 5.74) is 3.12. The van der Waals surface area contributed by atoms with Crippen molar-refractivity contribution >= 4 is 11.8 Å². The van der Waals surface area contributed by atoms with Crippen molar-refractivity contribution in [2.24, 2.45) is 0 Å². The highest BCUT2D eigenvalue weighted by molar-refractivity contribution is 7.99. The molecule has 7 heteroatoms. The third-order valence-electron chi connectivity index (χ3n) is 4.33. The number of benzene rings is 2. The molecule has 0 bridgehead atoms. The molecule has 0 aliphatic heterocycles. The summed E-state index contributed by atoms with van der Waals surface area (Å²) < 4.78 is 13.2. The predicted molar refractivity (Wildman–Crippen MR) is 109 cm³/mol. The highest BCUT2D eigenvalue weighted by Gasteiger charge is 2.19. The molecular formula is C21H20N4O2S. The lowest BCUT2D eigenvalue weighted by Gasteiger charge is -2.10. The van der Waals surface area contributed by atoms with Crippen molar-refractivity contribution in [3.63, 3.8) is 0 Å². The van der Waals surface area contributed by atoms with Crippen LogP contribution in [0.15, 0.2) is 70.5 Å². The van der Waals surface area contributed by atoms with Crippen LogP contribution in [0, 0.1) is 6.92 Å². The van der Waals surface area contributed by atoms with E-state index in [1.54, 1.807) is 25.1 Å². The van der Waals surface area contributed by atoms with E-state index in [0.29, 0.717) is 11.8 Å². The van der Waals surface area contributed by atoms with Crippen LogP contribution >= 0.6 is 11.8 Å². The SMILES string of the molecule is COc1ccc(-n2ccnc2SC(C)c2nnc(-c3ccc(C)cc3)o2)cc1. The zero-order valence-electron chi connectivity index (χ0n) is 15.9. The number of hydrogen-bond acceptors (Lipinski definition) is 6. The van der Waals surface area contributed by atoms with Gasteiger partial charge in [-0.15, -0.1) is 10.2 Å². The second kappa shape index (κ2) is 7.90. The van der Waals surface area contributed by atoms with Gasteiger partial charge in [0.15, 0.2) is 5.16 Å². The molecule has 4 rings (SSSR count). The molecule has 2 heterocycles. The number of aromatic nitrogens is 4. The third-order valence-corrected chi connectivity index (χ3v) is 5.39. The van der Waals surface area contributed by atoms with E-state index in [0.717, 1.165) is 22.2 Å². The minimum Gasteiger partial charge on any atom is -0.497 e. The molecule has 4 aromatic rings. The summed E-state index contributed by atoms with van der Waals surface area (Å²) in [5, 5.41) is 9.24. The summed E-state index contributed by atoms with van der Waals surface area (Å²) in [6.45, 7) is 4.08. The topological polar surface area (TPSA) is 66.0 Å². The fourth-order valence-corrected chi connectivity index (χ4v) is 3.65. The number of thioether (sulfide) groups is 1. The smallest absolute Gasteiger partial charge is 0.247 e. The van der Waals surface area contributed by atoms with Crippen LogP contribution in [0.25, 0.3) is 17.1 Å². The van der Waals surface area contributed by atoms with Gasteiger partial charge in [-0.25, -0.2) is 4.98 Å². The van der Waals surface area contributed by atoms with Crippen molar-refractivity contribution in [2.45, 2.75) is 24.3 Å². The largest absolute Gasteiger partial charge is 0.497 e. The lowest BCUT2D eigenvalue weighted by molar-refractivity contribution is 0.414. The zero-order valence-corrected chi connectivity index (χ0v) is 16.7. The van der Waals surface area contributed by atoms with E-state index in [1.807, 2.05) is 73.1 Å². The Morgan fingerprint density at radius 3 is 2.50 bits per heavy atom. The van der Waals surface area contributed by atoms with Gasteiger partial charge < -0.3 is 9.15 Å². The second-order valence-corrected chi connectivity index (χ2v) is 7.66. The van der Waals surface area contributed by atoms with Crippen LogP contribution in [-0.2, 0) is 0 Å². The molecule has 142 valence electrons. The third kappa shape index (κ3) is 3.80. The van der Waals surface area contributed by atoms with Crippen LogP contribution in [0.5, 0.6) is 5.75 Å². The lowest BCUT2D eigenvalue weighted by atomic mass is 10.1. The van der Waals surface area contributed by atoms with Gasteiger partial charge >= 0.3 is 0 Å². The average Bonchev–Trinajstić information content (AvgIpc) is 3.38. The van der Waals surface area contributed by atoms with Crippen molar-refractivity contribution in [3.8, 4) is 22.9 Å². The van der Waals surface area contributed by atoms with Gasteiger partial charge in [-0.05, 0) is 50.2 Å². The van der Waals surface area contributed by atoms with E-state index in [1.165, 1.54) is 5.56 Å². The summed E-state index contributed by atoms with van der Waals surface area (Å²) in [4.78, 5) is 4.48. The summed E-state index contributed by atoms with van der Waals surface area (Å²) >= 11 is 1.57. The lowest BCUT2D eigenvalue weighted by Crippen LogP contribution is -1.97. The molecule has 0 radical (unpaired) electrons. The first-order valence-electron chi connectivity index (χ1n) is 8.89. The Morgan fingerprint density at radius 1 is 1.04 bits per heavy atom.